The monoisotopic (exact) mass is 408 g/mol. The van der Waals surface area contributed by atoms with Crippen molar-refractivity contribution < 1.29 is 23.5 Å². The lowest BCUT2D eigenvalue weighted by atomic mass is 10.2. The highest BCUT2D eigenvalue weighted by molar-refractivity contribution is 5.95. The number of nitrogens with one attached hydrogen (secondary N) is 1. The Morgan fingerprint density at radius 2 is 1.77 bits per heavy atom. The molecule has 154 valence electrons. The summed E-state index contributed by atoms with van der Waals surface area (Å²) in [6.07, 6.45) is 0. The van der Waals surface area contributed by atoms with Gasteiger partial charge in [-0.15, -0.1) is 0 Å². The first-order valence-corrected chi connectivity index (χ1v) is 9.53. The number of para-hydroxylation sites is 1. The molecule has 1 amide bonds. The Morgan fingerprint density at radius 3 is 2.53 bits per heavy atom. The van der Waals surface area contributed by atoms with Crippen LogP contribution in [0.4, 0.5) is 11.4 Å². The van der Waals surface area contributed by atoms with Gasteiger partial charge in [0.1, 0.15) is 5.58 Å². The maximum absolute atomic E-state index is 12.2. The Hall–Kier alpha value is -3.65. The third kappa shape index (κ3) is 4.49. The van der Waals surface area contributed by atoms with Crippen molar-refractivity contribution in [3.63, 3.8) is 0 Å². The van der Waals surface area contributed by atoms with Gasteiger partial charge in [-0.1, -0.05) is 12.1 Å². The quantitative estimate of drug-likeness (QED) is 0.648. The topological polar surface area (TPSA) is 98.1 Å². The number of carbonyl (C=O) groups excluding carboxylic acids is 2. The van der Waals surface area contributed by atoms with Crippen LogP contribution in [0.3, 0.4) is 0 Å². The van der Waals surface area contributed by atoms with Gasteiger partial charge in [0.15, 0.2) is 12.0 Å². The Labute approximate surface area is 172 Å². The summed E-state index contributed by atoms with van der Waals surface area (Å²) >= 11 is 0. The van der Waals surface area contributed by atoms with Gasteiger partial charge in [-0.05, 0) is 36.4 Å². The molecule has 8 nitrogen and oxygen atoms in total. The van der Waals surface area contributed by atoms with Gasteiger partial charge >= 0.3 is 5.97 Å². The zero-order valence-corrected chi connectivity index (χ0v) is 16.1. The van der Waals surface area contributed by atoms with E-state index in [0.29, 0.717) is 24.3 Å². The van der Waals surface area contributed by atoms with Gasteiger partial charge in [-0.2, -0.15) is 0 Å². The van der Waals surface area contributed by atoms with E-state index in [4.69, 9.17) is 13.9 Å². The number of ether oxygens (including phenoxy) is 2. The molecule has 0 aliphatic carbocycles. The van der Waals surface area contributed by atoms with Gasteiger partial charge in [0.05, 0.1) is 18.6 Å². The highest BCUT2D eigenvalue weighted by Crippen LogP contribution is 2.19. The molecule has 0 unspecified atom stereocenters. The molecule has 8 heteroatoms. The largest absolute Gasteiger partial charge is 0.450 e. The second kappa shape index (κ2) is 8.79. The summed E-state index contributed by atoms with van der Waals surface area (Å²) in [5.41, 5.74) is 1.56. The minimum atomic E-state index is -0.879. The fraction of sp³-hybridized carbons (Fsp3) is 0.227. The molecule has 1 fully saturated rings. The van der Waals surface area contributed by atoms with E-state index in [-0.39, 0.29) is 16.8 Å². The smallest absolute Gasteiger partial charge is 0.374 e. The molecule has 1 saturated heterocycles. The summed E-state index contributed by atoms with van der Waals surface area (Å²) in [7, 11) is 0. The predicted octanol–water partition coefficient (Wildman–Crippen LogP) is 2.43. The molecule has 0 saturated carbocycles. The average Bonchev–Trinajstić information content (AvgIpc) is 2.78. The summed E-state index contributed by atoms with van der Waals surface area (Å²) in [5.74, 6) is -1.62. The van der Waals surface area contributed by atoms with Crippen molar-refractivity contribution in [1.82, 2.24) is 0 Å². The van der Waals surface area contributed by atoms with Gasteiger partial charge in [-0.25, -0.2) is 4.79 Å². The lowest BCUT2D eigenvalue weighted by molar-refractivity contribution is -0.119. The van der Waals surface area contributed by atoms with Crippen LogP contribution in [-0.4, -0.2) is 44.8 Å². The van der Waals surface area contributed by atoms with E-state index >= 15 is 0 Å². The molecular weight excluding hydrogens is 388 g/mol. The zero-order chi connectivity index (χ0) is 20.9. The van der Waals surface area contributed by atoms with Gasteiger partial charge < -0.3 is 24.1 Å². The highest BCUT2D eigenvalue weighted by atomic mass is 16.5. The summed E-state index contributed by atoms with van der Waals surface area (Å²) in [5, 5.41) is 3.04. The molecule has 0 spiro atoms. The van der Waals surface area contributed by atoms with E-state index in [0.717, 1.165) is 24.8 Å². The molecule has 1 N–H and O–H groups in total. The molecule has 3 aromatic rings. The summed E-state index contributed by atoms with van der Waals surface area (Å²) < 4.78 is 15.7. The van der Waals surface area contributed by atoms with Crippen molar-refractivity contribution in [1.29, 1.82) is 0 Å². The van der Waals surface area contributed by atoms with Crippen molar-refractivity contribution in [3.05, 3.63) is 70.6 Å². The van der Waals surface area contributed by atoms with Crippen LogP contribution in [-0.2, 0) is 14.3 Å². The zero-order valence-electron chi connectivity index (χ0n) is 16.1. The van der Waals surface area contributed by atoms with Gasteiger partial charge in [0.2, 0.25) is 5.76 Å². The second-order valence-corrected chi connectivity index (χ2v) is 6.74. The lowest BCUT2D eigenvalue weighted by Crippen LogP contribution is -2.36. The number of anilines is 2. The SMILES string of the molecule is O=C(COC(=O)c1cc(=O)c2ccccc2o1)Nc1ccc(N2CCOCC2)cc1. The highest BCUT2D eigenvalue weighted by Gasteiger charge is 2.16. The summed E-state index contributed by atoms with van der Waals surface area (Å²) in [6, 6.07) is 15.0. The minimum absolute atomic E-state index is 0.249. The number of nitrogens with zero attached hydrogens (tertiary/aromatic N) is 1. The van der Waals surface area contributed by atoms with Crippen LogP contribution in [0.1, 0.15) is 10.6 Å². The van der Waals surface area contributed by atoms with Gasteiger partial charge in [0, 0.05) is 30.5 Å². The van der Waals surface area contributed by atoms with E-state index in [1.807, 2.05) is 12.1 Å². The molecule has 1 aliphatic heterocycles. The number of morpholine rings is 1. The Kier molecular flexibility index (Phi) is 5.76. The molecule has 2 aromatic carbocycles. The molecule has 30 heavy (non-hydrogen) atoms. The van der Waals surface area contributed by atoms with Crippen molar-refractivity contribution in [2.24, 2.45) is 0 Å². The second-order valence-electron chi connectivity index (χ2n) is 6.74. The first-order chi connectivity index (χ1) is 14.6. The lowest BCUT2D eigenvalue weighted by Gasteiger charge is -2.28. The van der Waals surface area contributed by atoms with Crippen LogP contribution in [0.5, 0.6) is 0 Å². The fourth-order valence-electron chi connectivity index (χ4n) is 3.18. The molecule has 0 radical (unpaired) electrons. The maximum Gasteiger partial charge on any atom is 0.374 e. The van der Waals surface area contributed by atoms with Crippen LogP contribution in [0.2, 0.25) is 0 Å². The van der Waals surface area contributed by atoms with Crippen molar-refractivity contribution in [3.8, 4) is 0 Å². The van der Waals surface area contributed by atoms with Crippen molar-refractivity contribution in [2.45, 2.75) is 0 Å². The third-order valence-corrected chi connectivity index (χ3v) is 4.70. The summed E-state index contributed by atoms with van der Waals surface area (Å²) in [6.45, 7) is 2.54. The third-order valence-electron chi connectivity index (χ3n) is 4.70. The molecule has 1 aliphatic rings. The van der Waals surface area contributed by atoms with E-state index in [1.54, 1.807) is 36.4 Å². The van der Waals surface area contributed by atoms with Crippen LogP contribution >= 0.6 is 0 Å². The number of amides is 1. The molecular formula is C22H20N2O6. The van der Waals surface area contributed by atoms with Crippen LogP contribution in [0.25, 0.3) is 11.0 Å². The van der Waals surface area contributed by atoms with E-state index in [9.17, 15) is 14.4 Å². The standard InChI is InChI=1S/C22H20N2O6/c25-18-13-20(30-19-4-2-1-3-17(18)19)22(27)29-14-21(26)23-15-5-7-16(8-6-15)24-9-11-28-12-10-24/h1-8,13H,9-12,14H2,(H,23,26). The number of benzene rings is 2. The van der Waals surface area contributed by atoms with E-state index in [1.165, 1.54) is 0 Å². The van der Waals surface area contributed by atoms with E-state index < -0.39 is 18.5 Å². The van der Waals surface area contributed by atoms with Crippen LogP contribution in [0.15, 0.2) is 63.8 Å². The Balaban J connectivity index is 1.33. The fourth-order valence-corrected chi connectivity index (χ4v) is 3.18. The van der Waals surface area contributed by atoms with E-state index in [2.05, 4.69) is 10.2 Å². The van der Waals surface area contributed by atoms with Gasteiger partial charge in [-0.3, -0.25) is 9.59 Å². The van der Waals surface area contributed by atoms with Gasteiger partial charge in [0.25, 0.3) is 5.91 Å². The molecule has 2 heterocycles. The number of esters is 1. The minimum Gasteiger partial charge on any atom is -0.450 e. The number of fused-ring (bicyclic) bond motifs is 1. The number of rotatable bonds is 5. The van der Waals surface area contributed by atoms with Crippen LogP contribution < -0.4 is 15.6 Å². The maximum atomic E-state index is 12.2. The molecule has 0 bridgehead atoms. The predicted molar refractivity (Wildman–Crippen MR) is 111 cm³/mol. The van der Waals surface area contributed by atoms with Crippen molar-refractivity contribution in [2.75, 3.05) is 43.1 Å². The normalized spacial score (nSPS) is 13.8. The first kappa shape index (κ1) is 19.7. The number of carbonyl (C=O) groups is 2. The first-order valence-electron chi connectivity index (χ1n) is 9.53. The molecule has 1 aromatic heterocycles. The Bertz CT molecular complexity index is 1120. The summed E-state index contributed by atoms with van der Waals surface area (Å²) in [4.78, 5) is 38.5. The average molecular weight is 408 g/mol. The molecule has 0 atom stereocenters. The Morgan fingerprint density at radius 1 is 1.03 bits per heavy atom. The van der Waals surface area contributed by atoms with Crippen molar-refractivity contribution >= 4 is 34.2 Å². The number of hydrogen-bond donors (Lipinski definition) is 1. The number of hydrogen-bond acceptors (Lipinski definition) is 7. The van der Waals surface area contributed by atoms with Crippen LogP contribution in [0, 0.1) is 0 Å². The molecule has 4 rings (SSSR count).